The van der Waals surface area contributed by atoms with Crippen LogP contribution in [-0.4, -0.2) is 237 Å². The van der Waals surface area contributed by atoms with Crippen LogP contribution in [0.3, 0.4) is 0 Å². The first-order chi connectivity index (χ1) is 46.7. The standard InChI is InChI=1S/C63H83N3O28S5/c1-44(9-15-55-62(2,19-7-39-95(70,71)72)60-49-40-45(96(73,74)75)42-53(98(79,80)81)47(49)12-14-52(60)65(55)22-24-88-30-32-92-37-38-93-36-34-90-28-26-86-5)10-16-56-63(3,20-23-87-29-31-91-35-33-89-27-25-85-4)61-50-41-46(97(76,77)78)43-54(99(82,83)84)48(50)11-13-51(61)64(56)21-6-8-59(69)94-66-57(67)17-18-58(66)68/h9-16,40-43H,6-8,17-39H2,1-5H3,(H4-,70,71,72,73,74,75,76,77,78,79,80,81,82,83,84)/p+1. The van der Waals surface area contributed by atoms with Crippen LogP contribution in [0, 0.1) is 0 Å². The summed E-state index contributed by atoms with van der Waals surface area (Å²) in [5.41, 5.74) is -0.262. The lowest BCUT2D eigenvalue weighted by Gasteiger charge is -2.31. The average Bonchev–Trinajstić information content (AvgIpc) is 1.58. The Morgan fingerprint density at radius 2 is 1.02 bits per heavy atom. The second-order valence-corrected chi connectivity index (χ2v) is 30.8. The zero-order valence-electron chi connectivity index (χ0n) is 55.3. The molecule has 2 unspecified atom stereocenters. The molecule has 0 saturated carbocycles. The summed E-state index contributed by atoms with van der Waals surface area (Å²) in [5.74, 6) is -3.09. The fourth-order valence-corrected chi connectivity index (χ4v) is 15.2. The third kappa shape index (κ3) is 21.3. The number of allylic oxidation sites excluding steroid dienone is 6. The summed E-state index contributed by atoms with van der Waals surface area (Å²) in [7, 11) is -22.3. The summed E-state index contributed by atoms with van der Waals surface area (Å²) in [6, 6.07) is 9.05. The van der Waals surface area contributed by atoms with Crippen LogP contribution in [0.2, 0.25) is 0 Å². The molecule has 3 aliphatic heterocycles. The molecule has 7 rings (SSSR count). The predicted octanol–water partition coefficient (Wildman–Crippen LogP) is 5.35. The SMILES string of the molecule is COCCOCCOCCOCCOCC[N+]1=C(/C=C/C(C)=C/C=C2/N(CCCC(=O)ON3C(=O)CCC3=O)c3ccc4c(S(=O)(=O)O)cc(S(=O)(=O)O)cc4c3C2(C)CCOCCOCCOCCOC)C(C)(CCCS(=O)(=O)O)c2c1ccc1c(S(=O)(=O)O)cc(S(=O)(=O)O)cc21. The average molecular weight is 1490 g/mol. The van der Waals surface area contributed by atoms with Crippen LogP contribution in [0.1, 0.15) is 76.8 Å². The number of fused-ring (bicyclic) bond motifs is 6. The van der Waals surface area contributed by atoms with Crippen LogP contribution in [0.15, 0.2) is 104 Å². The maximum atomic E-state index is 13.3. The monoisotopic (exact) mass is 1490 g/mol. The van der Waals surface area contributed by atoms with Gasteiger partial charge in [0.25, 0.3) is 62.4 Å². The second-order valence-electron chi connectivity index (χ2n) is 23.6. The number of hydrogen-bond donors (Lipinski definition) is 5. The third-order valence-corrected chi connectivity index (χ3v) is 20.9. The van der Waals surface area contributed by atoms with Crippen LogP contribution in [0.25, 0.3) is 21.5 Å². The Hall–Kier alpha value is -6.11. The number of rotatable bonds is 43. The van der Waals surface area contributed by atoms with Gasteiger partial charge in [-0.2, -0.15) is 46.7 Å². The second kappa shape index (κ2) is 35.2. The summed E-state index contributed by atoms with van der Waals surface area (Å²) in [6.07, 6.45) is 5.73. The molecule has 0 aliphatic carbocycles. The summed E-state index contributed by atoms with van der Waals surface area (Å²) in [4.78, 5) is 41.6. The minimum atomic E-state index is -5.21. The summed E-state index contributed by atoms with van der Waals surface area (Å²) in [5, 5.41) is 0.00589. The van der Waals surface area contributed by atoms with Gasteiger partial charge >= 0.3 is 5.97 Å². The molecular formula is C63H84N3O28S5+. The van der Waals surface area contributed by atoms with E-state index in [2.05, 4.69) is 0 Å². The fraction of sp³-hybridized carbons (Fsp3) is 0.524. The van der Waals surface area contributed by atoms with Crippen LogP contribution in [-0.2, 0) is 123 Å². The fourth-order valence-electron chi connectivity index (χ4n) is 12.0. The zero-order chi connectivity index (χ0) is 72.6. The molecule has 4 aromatic carbocycles. The van der Waals surface area contributed by atoms with E-state index in [1.807, 2.05) is 0 Å². The van der Waals surface area contributed by atoms with E-state index in [-0.39, 0.29) is 151 Å². The van der Waals surface area contributed by atoms with Gasteiger partial charge in [-0.05, 0) is 105 Å². The van der Waals surface area contributed by atoms with E-state index in [1.54, 1.807) is 61.7 Å². The Morgan fingerprint density at radius 1 is 0.556 bits per heavy atom. The molecule has 0 spiro atoms. The molecule has 1 fully saturated rings. The van der Waals surface area contributed by atoms with Gasteiger partial charge in [0.2, 0.25) is 5.69 Å². The van der Waals surface area contributed by atoms with Gasteiger partial charge in [-0.25, -0.2) is 4.79 Å². The van der Waals surface area contributed by atoms with Gasteiger partial charge < -0.3 is 52.4 Å². The number of benzene rings is 4. The van der Waals surface area contributed by atoms with E-state index in [0.717, 1.165) is 12.1 Å². The molecule has 31 nitrogen and oxygen atoms in total. The van der Waals surface area contributed by atoms with Crippen molar-refractivity contribution in [3.63, 3.8) is 0 Å². The van der Waals surface area contributed by atoms with Gasteiger partial charge in [-0.15, -0.1) is 5.06 Å². The predicted molar refractivity (Wildman–Crippen MR) is 356 cm³/mol. The number of amides is 2. The van der Waals surface area contributed by atoms with Crippen molar-refractivity contribution >= 4 is 107 Å². The number of hydrogen-bond acceptors (Lipinski definition) is 24. The Morgan fingerprint density at radius 3 is 1.49 bits per heavy atom. The normalized spacial score (nSPS) is 18.4. The Balaban J connectivity index is 1.35. The van der Waals surface area contributed by atoms with Gasteiger partial charge in [0.05, 0.1) is 113 Å². The molecule has 3 aliphatic rings. The topological polar surface area (TPSA) is 425 Å². The Kier molecular flexibility index (Phi) is 28.5. The van der Waals surface area contributed by atoms with Crippen LogP contribution in [0.5, 0.6) is 0 Å². The molecule has 1 saturated heterocycles. The van der Waals surface area contributed by atoms with Crippen molar-refractivity contribution in [3.05, 3.63) is 95.2 Å². The lowest BCUT2D eigenvalue weighted by atomic mass is 9.74. The lowest BCUT2D eigenvalue weighted by molar-refractivity contribution is -0.442. The number of ether oxygens (including phenoxy) is 9. The molecular weight excluding hydrogens is 1410 g/mol. The van der Waals surface area contributed by atoms with Crippen molar-refractivity contribution in [2.24, 2.45) is 0 Å². The van der Waals surface area contributed by atoms with Gasteiger partial charge in [-0.3, -0.25) is 32.4 Å². The Bertz CT molecular complexity index is 4310. The van der Waals surface area contributed by atoms with E-state index in [9.17, 15) is 79.2 Å². The van der Waals surface area contributed by atoms with Crippen LogP contribution in [0.4, 0.5) is 11.4 Å². The summed E-state index contributed by atoms with van der Waals surface area (Å²) in [6.45, 7) is 8.84. The van der Waals surface area contributed by atoms with E-state index in [4.69, 9.17) is 47.5 Å². The zero-order valence-corrected chi connectivity index (χ0v) is 59.4. The van der Waals surface area contributed by atoms with Crippen molar-refractivity contribution in [3.8, 4) is 0 Å². The van der Waals surface area contributed by atoms with E-state index < -0.39 is 105 Å². The van der Waals surface area contributed by atoms with E-state index in [0.29, 0.717) is 90.8 Å². The van der Waals surface area contributed by atoms with Crippen molar-refractivity contribution in [1.82, 2.24) is 5.06 Å². The van der Waals surface area contributed by atoms with Crippen molar-refractivity contribution < 1.29 is 131 Å². The molecule has 36 heteroatoms. The molecule has 0 radical (unpaired) electrons. The molecule has 0 aromatic heterocycles. The Labute approximate surface area is 575 Å². The number of anilines is 1. The number of methoxy groups -OCH3 is 2. The molecule has 548 valence electrons. The summed E-state index contributed by atoms with van der Waals surface area (Å²) < 4.78 is 232. The molecule has 5 N–H and O–H groups in total. The van der Waals surface area contributed by atoms with Gasteiger partial charge in [0.1, 0.15) is 16.4 Å². The molecule has 2 atom stereocenters. The lowest BCUT2D eigenvalue weighted by Crippen LogP contribution is -2.33. The number of imide groups is 1. The largest absolute Gasteiger partial charge is 0.382 e. The molecule has 0 bridgehead atoms. The van der Waals surface area contributed by atoms with Crippen LogP contribution >= 0.6 is 0 Å². The molecule has 3 heterocycles. The summed E-state index contributed by atoms with van der Waals surface area (Å²) >= 11 is 0. The minimum absolute atomic E-state index is 0.00874. The first kappa shape index (κ1) is 80.2. The van der Waals surface area contributed by atoms with Crippen molar-refractivity contribution in [2.75, 3.05) is 144 Å². The first-order valence-electron chi connectivity index (χ1n) is 31.3. The van der Waals surface area contributed by atoms with Gasteiger partial charge in [-0.1, -0.05) is 23.8 Å². The quantitative estimate of drug-likeness (QED) is 0.0122. The molecule has 4 aromatic rings. The highest BCUT2D eigenvalue weighted by atomic mass is 32.2. The van der Waals surface area contributed by atoms with Crippen LogP contribution < -0.4 is 4.90 Å². The number of carbonyl (C=O) groups is 3. The third-order valence-electron chi connectivity index (χ3n) is 16.6. The highest BCUT2D eigenvalue weighted by Gasteiger charge is 2.50. The highest BCUT2D eigenvalue weighted by molar-refractivity contribution is 7.87. The van der Waals surface area contributed by atoms with Crippen molar-refractivity contribution in [1.29, 1.82) is 0 Å². The van der Waals surface area contributed by atoms with E-state index in [1.165, 1.54) is 31.4 Å². The van der Waals surface area contributed by atoms with Gasteiger partial charge in [0, 0.05) is 91.9 Å². The molecule has 2 amide bonds. The number of hydroxylamine groups is 2. The first-order valence-corrected chi connectivity index (χ1v) is 38.7. The highest BCUT2D eigenvalue weighted by Crippen LogP contribution is 2.54. The van der Waals surface area contributed by atoms with Gasteiger partial charge in [0.15, 0.2) is 12.3 Å². The maximum Gasteiger partial charge on any atom is 0.333 e. The van der Waals surface area contributed by atoms with Crippen molar-refractivity contribution in [2.45, 2.75) is 96.1 Å². The smallest absolute Gasteiger partial charge is 0.333 e. The maximum absolute atomic E-state index is 13.3. The number of nitrogens with zero attached hydrogens (tertiary/aromatic N) is 3. The number of carbonyl (C=O) groups excluding carboxylic acids is 3. The molecule has 99 heavy (non-hydrogen) atoms. The minimum Gasteiger partial charge on any atom is -0.382 e. The van der Waals surface area contributed by atoms with E-state index >= 15 is 0 Å².